The van der Waals surface area contributed by atoms with Crippen molar-refractivity contribution in [1.82, 2.24) is 13.5 Å². The molecular weight excluding hydrogens is 302 g/mol. The smallest absolute Gasteiger partial charge is 0.281 e. The zero-order valence-electron chi connectivity index (χ0n) is 13.7. The van der Waals surface area contributed by atoms with Gasteiger partial charge in [-0.05, 0) is 31.0 Å². The maximum atomic E-state index is 12.1. The molecule has 0 radical (unpaired) electrons. The Kier molecular flexibility index (Phi) is 5.11. The summed E-state index contributed by atoms with van der Waals surface area (Å²) in [5.41, 5.74) is 3.12. The molecule has 1 heterocycles. The van der Waals surface area contributed by atoms with Crippen molar-refractivity contribution in [3.8, 4) is 5.75 Å². The highest BCUT2D eigenvalue weighted by atomic mass is 32.2. The van der Waals surface area contributed by atoms with Gasteiger partial charge in [0.05, 0.1) is 0 Å². The van der Waals surface area contributed by atoms with E-state index >= 15 is 0 Å². The SMILES string of the molecule is Cc1cc(O)c(CN2CCN(S(=O)(=O)N(C)C)CC2)cc1C. The number of rotatable bonds is 4. The van der Waals surface area contributed by atoms with E-state index in [-0.39, 0.29) is 0 Å². The second-order valence-corrected chi connectivity index (χ2v) is 8.17. The van der Waals surface area contributed by atoms with Crippen LogP contribution in [0.2, 0.25) is 0 Å². The van der Waals surface area contributed by atoms with E-state index in [1.165, 1.54) is 8.61 Å². The molecule has 0 unspecified atom stereocenters. The van der Waals surface area contributed by atoms with Gasteiger partial charge in [-0.15, -0.1) is 0 Å². The molecule has 0 aromatic heterocycles. The maximum Gasteiger partial charge on any atom is 0.281 e. The fourth-order valence-electron chi connectivity index (χ4n) is 2.58. The molecule has 1 fully saturated rings. The number of benzene rings is 1. The van der Waals surface area contributed by atoms with Gasteiger partial charge >= 0.3 is 0 Å². The summed E-state index contributed by atoms with van der Waals surface area (Å²) in [7, 11) is -0.225. The van der Waals surface area contributed by atoms with Gasteiger partial charge in [-0.2, -0.15) is 17.0 Å². The number of nitrogens with zero attached hydrogens (tertiary/aromatic N) is 3. The fraction of sp³-hybridized carbons (Fsp3) is 0.600. The maximum absolute atomic E-state index is 12.1. The predicted octanol–water partition coefficient (Wildman–Crippen LogP) is 0.933. The third-order valence-corrected chi connectivity index (χ3v) is 6.15. The summed E-state index contributed by atoms with van der Waals surface area (Å²) in [6.45, 7) is 6.93. The Balaban J connectivity index is 2.00. The fourth-order valence-corrected chi connectivity index (χ4v) is 3.66. The molecule has 7 heteroatoms. The lowest BCUT2D eigenvalue weighted by atomic mass is 10.0. The van der Waals surface area contributed by atoms with E-state index in [1.807, 2.05) is 19.9 Å². The quantitative estimate of drug-likeness (QED) is 0.894. The van der Waals surface area contributed by atoms with Gasteiger partial charge in [-0.3, -0.25) is 4.90 Å². The third kappa shape index (κ3) is 3.60. The number of hydrogen-bond donors (Lipinski definition) is 1. The second kappa shape index (κ2) is 6.54. The molecule has 124 valence electrons. The van der Waals surface area contributed by atoms with E-state index in [1.54, 1.807) is 20.2 Å². The van der Waals surface area contributed by atoms with Crippen molar-refractivity contribution in [1.29, 1.82) is 0 Å². The van der Waals surface area contributed by atoms with Gasteiger partial charge in [0.1, 0.15) is 5.75 Å². The molecule has 6 nitrogen and oxygen atoms in total. The minimum atomic E-state index is -3.33. The van der Waals surface area contributed by atoms with Gasteiger partial charge in [-0.25, -0.2) is 0 Å². The minimum Gasteiger partial charge on any atom is -0.508 e. The van der Waals surface area contributed by atoms with Gasteiger partial charge in [0, 0.05) is 52.4 Å². The molecule has 1 N–H and O–H groups in total. The molecule has 0 spiro atoms. The topological polar surface area (TPSA) is 64.1 Å². The molecular formula is C15H25N3O3S. The highest BCUT2D eigenvalue weighted by molar-refractivity contribution is 7.86. The van der Waals surface area contributed by atoms with Crippen LogP contribution in [0.4, 0.5) is 0 Å². The van der Waals surface area contributed by atoms with Crippen LogP contribution in [0.1, 0.15) is 16.7 Å². The van der Waals surface area contributed by atoms with Gasteiger partial charge < -0.3 is 5.11 Å². The second-order valence-electron chi connectivity index (χ2n) is 6.03. The number of hydrogen-bond acceptors (Lipinski definition) is 4. The van der Waals surface area contributed by atoms with Crippen molar-refractivity contribution in [3.63, 3.8) is 0 Å². The van der Waals surface area contributed by atoms with Gasteiger partial charge in [0.2, 0.25) is 0 Å². The largest absolute Gasteiger partial charge is 0.508 e. The predicted molar refractivity (Wildman–Crippen MR) is 87.0 cm³/mol. The van der Waals surface area contributed by atoms with Crippen LogP contribution in [0, 0.1) is 13.8 Å². The highest BCUT2D eigenvalue weighted by Gasteiger charge is 2.28. The summed E-state index contributed by atoms with van der Waals surface area (Å²) in [5.74, 6) is 0.312. The summed E-state index contributed by atoms with van der Waals surface area (Å²) >= 11 is 0. The molecule has 1 aromatic carbocycles. The lowest BCUT2D eigenvalue weighted by molar-refractivity contribution is 0.176. The lowest BCUT2D eigenvalue weighted by Gasteiger charge is -2.35. The molecule has 2 rings (SSSR count). The van der Waals surface area contributed by atoms with Crippen molar-refractivity contribution < 1.29 is 13.5 Å². The average Bonchev–Trinajstić information content (AvgIpc) is 2.45. The number of piperazine rings is 1. The molecule has 0 aliphatic carbocycles. The van der Waals surface area contributed by atoms with Crippen molar-refractivity contribution >= 4 is 10.2 Å². The summed E-state index contributed by atoms with van der Waals surface area (Å²) in [5, 5.41) is 10.1. The minimum absolute atomic E-state index is 0.312. The number of phenolic OH excluding ortho intramolecular Hbond substituents is 1. The standard InChI is InChI=1S/C15H25N3O3S/c1-12-9-14(15(19)10-13(12)2)11-17-5-7-18(8-6-17)22(20,21)16(3)4/h9-10,19H,5-8,11H2,1-4H3. The zero-order valence-corrected chi connectivity index (χ0v) is 14.5. The Hall–Kier alpha value is -1.15. The first-order chi connectivity index (χ1) is 10.2. The normalized spacial score (nSPS) is 18.0. The first-order valence-corrected chi connectivity index (χ1v) is 8.80. The molecule has 1 aromatic rings. The Morgan fingerprint density at radius 1 is 1.09 bits per heavy atom. The first kappa shape index (κ1) is 17.2. The Labute approximate surface area is 133 Å². The van der Waals surface area contributed by atoms with E-state index in [9.17, 15) is 13.5 Å². The molecule has 1 saturated heterocycles. The molecule has 22 heavy (non-hydrogen) atoms. The summed E-state index contributed by atoms with van der Waals surface area (Å²) in [6, 6.07) is 3.80. The van der Waals surface area contributed by atoms with E-state index in [4.69, 9.17) is 0 Å². The number of aromatic hydroxyl groups is 1. The Morgan fingerprint density at radius 3 is 2.18 bits per heavy atom. The van der Waals surface area contributed by atoms with Gasteiger partial charge in [0.25, 0.3) is 10.2 Å². The monoisotopic (exact) mass is 327 g/mol. The van der Waals surface area contributed by atoms with Crippen LogP contribution in [0.5, 0.6) is 5.75 Å². The van der Waals surface area contributed by atoms with Crippen LogP contribution in [0.3, 0.4) is 0 Å². The van der Waals surface area contributed by atoms with E-state index in [0.29, 0.717) is 38.5 Å². The lowest BCUT2D eigenvalue weighted by Crippen LogP contribution is -2.51. The third-order valence-electron chi connectivity index (χ3n) is 4.21. The van der Waals surface area contributed by atoms with Gasteiger partial charge in [0.15, 0.2) is 0 Å². The van der Waals surface area contributed by atoms with Crippen LogP contribution in [-0.4, -0.2) is 67.3 Å². The zero-order chi connectivity index (χ0) is 16.5. The van der Waals surface area contributed by atoms with Crippen LogP contribution in [-0.2, 0) is 16.8 Å². The molecule has 0 saturated carbocycles. The Morgan fingerprint density at radius 2 is 1.64 bits per heavy atom. The molecule has 1 aliphatic rings. The van der Waals surface area contributed by atoms with Crippen molar-refractivity contribution in [2.45, 2.75) is 20.4 Å². The van der Waals surface area contributed by atoms with Gasteiger partial charge in [-0.1, -0.05) is 6.07 Å². The number of aryl methyl sites for hydroxylation is 2. The summed E-state index contributed by atoms with van der Waals surface area (Å²) < 4.78 is 26.9. The van der Waals surface area contributed by atoms with Crippen LogP contribution >= 0.6 is 0 Å². The molecule has 1 aliphatic heterocycles. The van der Waals surface area contributed by atoms with Crippen molar-refractivity contribution in [3.05, 3.63) is 28.8 Å². The molecule has 0 amide bonds. The highest BCUT2D eigenvalue weighted by Crippen LogP contribution is 2.24. The number of phenols is 1. The van der Waals surface area contributed by atoms with Crippen molar-refractivity contribution in [2.24, 2.45) is 0 Å². The molecule has 0 atom stereocenters. The van der Waals surface area contributed by atoms with Crippen molar-refractivity contribution in [2.75, 3.05) is 40.3 Å². The van der Waals surface area contributed by atoms with Crippen LogP contribution in [0.15, 0.2) is 12.1 Å². The van der Waals surface area contributed by atoms with E-state index in [0.717, 1.165) is 16.7 Å². The Bertz CT molecular complexity index is 636. The van der Waals surface area contributed by atoms with E-state index in [2.05, 4.69) is 4.90 Å². The first-order valence-electron chi connectivity index (χ1n) is 7.41. The summed E-state index contributed by atoms with van der Waals surface area (Å²) in [4.78, 5) is 2.17. The van der Waals surface area contributed by atoms with Crippen LogP contribution in [0.25, 0.3) is 0 Å². The van der Waals surface area contributed by atoms with E-state index < -0.39 is 10.2 Å². The van der Waals surface area contributed by atoms with Crippen LogP contribution < -0.4 is 0 Å². The average molecular weight is 327 g/mol. The summed E-state index contributed by atoms with van der Waals surface area (Å²) in [6.07, 6.45) is 0. The molecule has 0 bridgehead atoms.